The third-order valence-electron chi connectivity index (χ3n) is 2.67. The molecule has 0 amide bonds. The number of hydrogen-bond donors (Lipinski definition) is 1. The highest BCUT2D eigenvalue weighted by atomic mass is 32.1. The van der Waals surface area contributed by atoms with E-state index >= 15 is 0 Å². The molecule has 0 atom stereocenters. The summed E-state index contributed by atoms with van der Waals surface area (Å²) in [7, 11) is 1.95. The first-order valence-corrected chi connectivity index (χ1v) is 6.30. The Morgan fingerprint density at radius 2 is 2.18 bits per heavy atom. The summed E-state index contributed by atoms with van der Waals surface area (Å²) in [6, 6.07) is 9.28. The van der Waals surface area contributed by atoms with E-state index in [0.29, 0.717) is 5.56 Å². The molecule has 1 heterocycles. The van der Waals surface area contributed by atoms with Gasteiger partial charge in [0.05, 0.1) is 6.54 Å². The largest absolute Gasteiger partial charge is 0.369 e. The van der Waals surface area contributed by atoms with Gasteiger partial charge in [-0.3, -0.25) is 0 Å². The summed E-state index contributed by atoms with van der Waals surface area (Å²) in [6.07, 6.45) is 0. The molecule has 0 fully saturated rings. The number of benzene rings is 1. The van der Waals surface area contributed by atoms with Crippen LogP contribution in [0.3, 0.4) is 0 Å². The maximum Gasteiger partial charge on any atom is 0.129 e. The fourth-order valence-electron chi connectivity index (χ4n) is 1.67. The topological polar surface area (TPSA) is 29.3 Å². The molecule has 0 unspecified atom stereocenters. The molecule has 17 heavy (non-hydrogen) atoms. The second-order valence-electron chi connectivity index (χ2n) is 3.92. The molecule has 0 saturated heterocycles. The van der Waals surface area contributed by atoms with Gasteiger partial charge in [-0.25, -0.2) is 4.39 Å². The highest BCUT2D eigenvalue weighted by molar-refractivity contribution is 7.09. The molecule has 2 rings (SSSR count). The smallest absolute Gasteiger partial charge is 0.129 e. The first kappa shape index (κ1) is 12.1. The van der Waals surface area contributed by atoms with Crippen molar-refractivity contribution in [3.8, 4) is 0 Å². The molecule has 2 aromatic rings. The fourth-order valence-corrected chi connectivity index (χ4v) is 2.42. The molecule has 0 spiro atoms. The van der Waals surface area contributed by atoms with Gasteiger partial charge in [0, 0.05) is 29.7 Å². The Morgan fingerprint density at radius 3 is 2.76 bits per heavy atom. The minimum absolute atomic E-state index is 0.233. The van der Waals surface area contributed by atoms with Crippen LogP contribution in [0.15, 0.2) is 35.7 Å². The van der Waals surface area contributed by atoms with Crippen LogP contribution in [-0.2, 0) is 13.1 Å². The molecule has 4 heteroatoms. The Balaban J connectivity index is 2.14. The van der Waals surface area contributed by atoms with E-state index in [9.17, 15) is 4.39 Å². The van der Waals surface area contributed by atoms with Crippen molar-refractivity contribution in [2.75, 3.05) is 11.9 Å². The lowest BCUT2D eigenvalue weighted by atomic mass is 10.2. The zero-order chi connectivity index (χ0) is 12.3. The van der Waals surface area contributed by atoms with Crippen molar-refractivity contribution in [1.29, 1.82) is 0 Å². The number of thiophene rings is 1. The Hall–Kier alpha value is -1.39. The summed E-state index contributed by atoms with van der Waals surface area (Å²) in [5.74, 6) is -0.233. The number of nitrogens with two attached hydrogens (primary N) is 1. The fraction of sp³-hybridized carbons (Fsp3) is 0.231. The molecule has 2 N–H and O–H groups in total. The van der Waals surface area contributed by atoms with Crippen LogP contribution in [0.5, 0.6) is 0 Å². The van der Waals surface area contributed by atoms with Crippen molar-refractivity contribution in [2.24, 2.45) is 5.73 Å². The predicted octanol–water partition coefficient (Wildman–Crippen LogP) is 2.98. The lowest BCUT2D eigenvalue weighted by molar-refractivity contribution is 0.610. The van der Waals surface area contributed by atoms with Crippen LogP contribution in [-0.4, -0.2) is 7.05 Å². The monoisotopic (exact) mass is 250 g/mol. The first-order valence-electron chi connectivity index (χ1n) is 5.42. The average molecular weight is 250 g/mol. The number of hydrogen-bond acceptors (Lipinski definition) is 3. The maximum atomic E-state index is 13.6. The van der Waals surface area contributed by atoms with Gasteiger partial charge in [0.15, 0.2) is 0 Å². The van der Waals surface area contributed by atoms with Crippen LogP contribution in [0.25, 0.3) is 0 Å². The molecule has 0 saturated carbocycles. The number of anilines is 1. The molecular weight excluding hydrogens is 235 g/mol. The van der Waals surface area contributed by atoms with E-state index in [0.717, 1.165) is 12.2 Å². The highest BCUT2D eigenvalue weighted by Gasteiger charge is 2.06. The molecule has 1 aromatic heterocycles. The number of rotatable bonds is 4. The van der Waals surface area contributed by atoms with Gasteiger partial charge in [-0.05, 0) is 23.6 Å². The van der Waals surface area contributed by atoms with Crippen LogP contribution in [0.2, 0.25) is 0 Å². The van der Waals surface area contributed by atoms with Gasteiger partial charge in [0.25, 0.3) is 0 Å². The van der Waals surface area contributed by atoms with Crippen LogP contribution in [0, 0.1) is 5.82 Å². The van der Waals surface area contributed by atoms with Gasteiger partial charge in [-0.1, -0.05) is 12.1 Å². The Morgan fingerprint density at radius 1 is 1.35 bits per heavy atom. The quantitative estimate of drug-likeness (QED) is 0.904. The molecule has 0 aliphatic carbocycles. The summed E-state index contributed by atoms with van der Waals surface area (Å²) < 4.78 is 13.6. The molecule has 0 radical (unpaired) electrons. The Labute approximate surface area is 104 Å². The molecule has 90 valence electrons. The second-order valence-corrected chi connectivity index (χ2v) is 4.95. The van der Waals surface area contributed by atoms with E-state index in [1.54, 1.807) is 17.4 Å². The molecule has 2 nitrogen and oxygen atoms in total. The molecule has 0 aliphatic heterocycles. The third-order valence-corrected chi connectivity index (χ3v) is 3.53. The predicted molar refractivity (Wildman–Crippen MR) is 70.7 cm³/mol. The zero-order valence-corrected chi connectivity index (χ0v) is 10.5. The summed E-state index contributed by atoms with van der Waals surface area (Å²) in [5.41, 5.74) is 6.86. The SMILES string of the molecule is CN(Cc1cccs1)c1ccc(CN)c(F)c1. The van der Waals surface area contributed by atoms with Crippen molar-refractivity contribution >= 4 is 17.0 Å². The third kappa shape index (κ3) is 2.84. The first-order chi connectivity index (χ1) is 8.20. The summed E-state index contributed by atoms with van der Waals surface area (Å²) in [4.78, 5) is 3.28. The lowest BCUT2D eigenvalue weighted by Gasteiger charge is -2.19. The van der Waals surface area contributed by atoms with E-state index in [4.69, 9.17) is 5.73 Å². The molecular formula is C13H15FN2S. The van der Waals surface area contributed by atoms with Gasteiger partial charge >= 0.3 is 0 Å². The maximum absolute atomic E-state index is 13.6. The van der Waals surface area contributed by atoms with E-state index in [1.807, 2.05) is 29.5 Å². The average Bonchev–Trinajstić information content (AvgIpc) is 2.81. The molecule has 1 aromatic carbocycles. The summed E-state index contributed by atoms with van der Waals surface area (Å²) in [6.45, 7) is 1.03. The van der Waals surface area contributed by atoms with Gasteiger partial charge in [-0.15, -0.1) is 11.3 Å². The van der Waals surface area contributed by atoms with Gasteiger partial charge in [0.2, 0.25) is 0 Å². The van der Waals surface area contributed by atoms with E-state index in [1.165, 1.54) is 10.9 Å². The molecule has 0 aliphatic rings. The second kappa shape index (κ2) is 5.29. The van der Waals surface area contributed by atoms with Crippen molar-refractivity contribution in [3.63, 3.8) is 0 Å². The van der Waals surface area contributed by atoms with Crippen LogP contribution >= 0.6 is 11.3 Å². The van der Waals surface area contributed by atoms with Crippen molar-refractivity contribution in [2.45, 2.75) is 13.1 Å². The zero-order valence-electron chi connectivity index (χ0n) is 9.69. The summed E-state index contributed by atoms with van der Waals surface area (Å²) in [5, 5.41) is 2.04. The standard InChI is InChI=1S/C13H15FN2S/c1-16(9-12-3-2-6-17-12)11-5-4-10(8-15)13(14)7-11/h2-7H,8-9,15H2,1H3. The lowest BCUT2D eigenvalue weighted by Crippen LogP contribution is -2.16. The van der Waals surface area contributed by atoms with Crippen LogP contribution in [0.1, 0.15) is 10.4 Å². The van der Waals surface area contributed by atoms with Crippen LogP contribution in [0.4, 0.5) is 10.1 Å². The van der Waals surface area contributed by atoms with E-state index in [-0.39, 0.29) is 12.4 Å². The van der Waals surface area contributed by atoms with Gasteiger partial charge in [0.1, 0.15) is 5.82 Å². The molecule has 0 bridgehead atoms. The van der Waals surface area contributed by atoms with E-state index < -0.39 is 0 Å². The minimum Gasteiger partial charge on any atom is -0.369 e. The highest BCUT2D eigenvalue weighted by Crippen LogP contribution is 2.20. The van der Waals surface area contributed by atoms with Crippen molar-refractivity contribution in [3.05, 3.63) is 52.0 Å². The Kier molecular flexibility index (Phi) is 3.76. The van der Waals surface area contributed by atoms with Gasteiger partial charge in [-0.2, -0.15) is 0 Å². The summed E-state index contributed by atoms with van der Waals surface area (Å²) >= 11 is 1.70. The number of nitrogens with zero attached hydrogens (tertiary/aromatic N) is 1. The number of halogens is 1. The minimum atomic E-state index is -0.233. The van der Waals surface area contributed by atoms with Crippen LogP contribution < -0.4 is 10.6 Å². The van der Waals surface area contributed by atoms with Crippen molar-refractivity contribution < 1.29 is 4.39 Å². The van der Waals surface area contributed by atoms with Gasteiger partial charge < -0.3 is 10.6 Å². The van der Waals surface area contributed by atoms with Crippen molar-refractivity contribution in [1.82, 2.24) is 0 Å². The Bertz CT molecular complexity index is 482. The normalized spacial score (nSPS) is 10.5. The van der Waals surface area contributed by atoms with E-state index in [2.05, 4.69) is 6.07 Å².